The van der Waals surface area contributed by atoms with Gasteiger partial charge in [0.15, 0.2) is 5.82 Å². The smallest absolute Gasteiger partial charge is 0.262 e. The number of amides is 2. The van der Waals surface area contributed by atoms with E-state index in [1.165, 1.54) is 43.1 Å². The minimum Gasteiger partial charge on any atom is -0.325 e. The topological polar surface area (TPSA) is 71.1 Å². The van der Waals surface area contributed by atoms with Crippen LogP contribution in [0.1, 0.15) is 30.1 Å². The van der Waals surface area contributed by atoms with Crippen LogP contribution in [0.5, 0.6) is 0 Å². The Morgan fingerprint density at radius 3 is 2.58 bits per heavy atom. The van der Waals surface area contributed by atoms with Crippen LogP contribution >= 0.6 is 11.8 Å². The molecule has 8 heteroatoms. The predicted octanol–water partition coefficient (Wildman–Crippen LogP) is 4.07. The van der Waals surface area contributed by atoms with Gasteiger partial charge in [-0.2, -0.15) is 0 Å². The van der Waals surface area contributed by atoms with Crippen LogP contribution < -0.4 is 10.6 Å². The summed E-state index contributed by atoms with van der Waals surface area (Å²) < 4.78 is 28.6. The molecule has 1 aliphatic rings. The highest BCUT2D eigenvalue weighted by atomic mass is 32.2. The van der Waals surface area contributed by atoms with Gasteiger partial charge in [0.2, 0.25) is 5.91 Å². The molecular weight excluding hydrogens is 360 g/mol. The molecule has 0 spiro atoms. The van der Waals surface area contributed by atoms with Crippen LogP contribution in [0.3, 0.4) is 0 Å². The normalized spacial score (nSPS) is 13.3. The molecule has 1 aromatic heterocycles. The molecule has 0 saturated heterocycles. The summed E-state index contributed by atoms with van der Waals surface area (Å²) in [6.45, 7) is 1.36. The first kappa shape index (κ1) is 18.3. The highest BCUT2D eigenvalue weighted by Gasteiger charge is 2.25. The van der Waals surface area contributed by atoms with Crippen molar-refractivity contribution >= 4 is 35.1 Å². The minimum absolute atomic E-state index is 0.124. The number of carbonyl (C=O) groups is 2. The first-order chi connectivity index (χ1) is 12.4. The van der Waals surface area contributed by atoms with Crippen molar-refractivity contribution in [2.75, 3.05) is 16.4 Å². The van der Waals surface area contributed by atoms with Gasteiger partial charge >= 0.3 is 0 Å². The van der Waals surface area contributed by atoms with Crippen LogP contribution in [0.2, 0.25) is 0 Å². The van der Waals surface area contributed by atoms with Crippen LogP contribution in [0.15, 0.2) is 35.4 Å². The van der Waals surface area contributed by atoms with E-state index in [0.717, 1.165) is 24.7 Å². The number of benzene rings is 1. The van der Waals surface area contributed by atoms with Crippen molar-refractivity contribution < 1.29 is 18.4 Å². The molecule has 3 rings (SSSR count). The van der Waals surface area contributed by atoms with E-state index >= 15 is 0 Å². The third-order valence-electron chi connectivity index (χ3n) is 3.78. The van der Waals surface area contributed by atoms with Gasteiger partial charge in [0, 0.05) is 17.6 Å². The molecule has 2 aromatic rings. The third kappa shape index (κ3) is 4.57. The number of anilines is 2. The Morgan fingerprint density at radius 2 is 1.96 bits per heavy atom. The molecule has 0 aliphatic heterocycles. The van der Waals surface area contributed by atoms with E-state index in [-0.39, 0.29) is 16.6 Å². The van der Waals surface area contributed by atoms with Gasteiger partial charge in [-0.3, -0.25) is 9.59 Å². The summed E-state index contributed by atoms with van der Waals surface area (Å²) in [5, 5.41) is 4.91. The zero-order valence-corrected chi connectivity index (χ0v) is 14.8. The zero-order valence-electron chi connectivity index (χ0n) is 14.0. The quantitative estimate of drug-likeness (QED) is 0.745. The zero-order chi connectivity index (χ0) is 18.7. The number of nitrogens with zero attached hydrogens (tertiary/aromatic N) is 1. The van der Waals surface area contributed by atoms with E-state index < -0.39 is 23.1 Å². The van der Waals surface area contributed by atoms with E-state index in [0.29, 0.717) is 11.6 Å². The monoisotopic (exact) mass is 377 g/mol. The van der Waals surface area contributed by atoms with E-state index in [1.54, 1.807) is 0 Å². The summed E-state index contributed by atoms with van der Waals surface area (Å²) in [5.74, 6) is -1.49. The molecular formula is C18H17F2N3O2S. The fraction of sp³-hybridized carbons (Fsp3) is 0.278. The van der Waals surface area contributed by atoms with Crippen molar-refractivity contribution in [2.24, 2.45) is 5.92 Å². The number of nitrogens with one attached hydrogen (secondary N) is 2. The first-order valence-electron chi connectivity index (χ1n) is 8.10. The molecule has 0 atom stereocenters. The Labute approximate surface area is 153 Å². The van der Waals surface area contributed by atoms with Gasteiger partial charge in [0.25, 0.3) is 5.91 Å². The molecule has 1 aliphatic carbocycles. The van der Waals surface area contributed by atoms with Crippen LogP contribution in [0.4, 0.5) is 20.3 Å². The number of rotatable bonds is 6. The molecule has 5 nitrogen and oxygen atoms in total. The number of pyridine rings is 1. The van der Waals surface area contributed by atoms with Gasteiger partial charge in [0.1, 0.15) is 17.2 Å². The van der Waals surface area contributed by atoms with Crippen molar-refractivity contribution in [3.8, 4) is 0 Å². The van der Waals surface area contributed by atoms with Crippen LogP contribution in [-0.2, 0) is 4.79 Å². The van der Waals surface area contributed by atoms with Crippen molar-refractivity contribution in [3.05, 3.63) is 47.7 Å². The van der Waals surface area contributed by atoms with Gasteiger partial charge in [0.05, 0.1) is 11.9 Å². The van der Waals surface area contributed by atoms with Gasteiger partial charge in [-0.15, -0.1) is 11.8 Å². The van der Waals surface area contributed by atoms with Gasteiger partial charge < -0.3 is 10.6 Å². The summed E-state index contributed by atoms with van der Waals surface area (Å²) in [6, 6.07) is 5.42. The molecule has 1 heterocycles. The molecule has 1 saturated carbocycles. The SMILES string of the molecule is CC(=O)Nc1ccc(NC(=O)c2c(F)ccc(SCC3CC3)c2F)nc1. The molecule has 1 fully saturated rings. The molecule has 2 N–H and O–H groups in total. The van der Waals surface area contributed by atoms with E-state index in [2.05, 4.69) is 15.6 Å². The predicted molar refractivity (Wildman–Crippen MR) is 96.3 cm³/mol. The maximum Gasteiger partial charge on any atom is 0.262 e. The largest absolute Gasteiger partial charge is 0.325 e. The summed E-state index contributed by atoms with van der Waals surface area (Å²) in [5.41, 5.74) is -0.176. The average molecular weight is 377 g/mol. The molecule has 0 bridgehead atoms. The van der Waals surface area contributed by atoms with E-state index in [9.17, 15) is 18.4 Å². The first-order valence-corrected chi connectivity index (χ1v) is 9.08. The Morgan fingerprint density at radius 1 is 1.19 bits per heavy atom. The highest BCUT2D eigenvalue weighted by Crippen LogP contribution is 2.36. The van der Waals surface area contributed by atoms with Crippen molar-refractivity contribution in [1.82, 2.24) is 4.98 Å². The Bertz CT molecular complexity index is 839. The number of halogens is 2. The standard InChI is InChI=1S/C18H17F2N3O2S/c1-10(24)22-12-4-7-15(21-8-12)23-18(25)16-13(19)5-6-14(17(16)20)26-9-11-2-3-11/h4-8,11H,2-3,9H2,1H3,(H,22,24)(H,21,23,25). The van der Waals surface area contributed by atoms with Crippen LogP contribution in [0, 0.1) is 17.6 Å². The highest BCUT2D eigenvalue weighted by molar-refractivity contribution is 7.99. The average Bonchev–Trinajstić information content (AvgIpc) is 3.40. The van der Waals surface area contributed by atoms with Crippen molar-refractivity contribution in [2.45, 2.75) is 24.7 Å². The van der Waals surface area contributed by atoms with Crippen LogP contribution in [0.25, 0.3) is 0 Å². The second-order valence-corrected chi connectivity index (χ2v) is 7.12. The number of carbonyl (C=O) groups excluding carboxylic acids is 2. The van der Waals surface area contributed by atoms with Gasteiger partial charge in [-0.05, 0) is 43.0 Å². The lowest BCUT2D eigenvalue weighted by molar-refractivity contribution is -0.114. The number of hydrogen-bond acceptors (Lipinski definition) is 4. The summed E-state index contributed by atoms with van der Waals surface area (Å²) in [4.78, 5) is 27.5. The number of aromatic nitrogens is 1. The molecule has 0 radical (unpaired) electrons. The van der Waals surface area contributed by atoms with Crippen molar-refractivity contribution in [1.29, 1.82) is 0 Å². The Hall–Kier alpha value is -2.48. The summed E-state index contributed by atoms with van der Waals surface area (Å²) >= 11 is 1.29. The Balaban J connectivity index is 1.73. The number of thioether (sulfide) groups is 1. The van der Waals surface area contributed by atoms with Gasteiger partial charge in [-0.25, -0.2) is 13.8 Å². The summed E-state index contributed by atoms with van der Waals surface area (Å²) in [6.07, 6.45) is 3.60. The maximum atomic E-state index is 14.6. The lowest BCUT2D eigenvalue weighted by atomic mass is 10.2. The fourth-order valence-electron chi connectivity index (χ4n) is 2.27. The van der Waals surface area contributed by atoms with Crippen LogP contribution in [-0.4, -0.2) is 22.6 Å². The molecule has 0 unspecified atom stereocenters. The Kier molecular flexibility index (Phi) is 5.51. The lowest BCUT2D eigenvalue weighted by Gasteiger charge is -2.10. The maximum absolute atomic E-state index is 14.6. The molecule has 26 heavy (non-hydrogen) atoms. The second kappa shape index (κ2) is 7.82. The lowest BCUT2D eigenvalue weighted by Crippen LogP contribution is -2.17. The van der Waals surface area contributed by atoms with E-state index in [4.69, 9.17) is 0 Å². The molecule has 2 amide bonds. The summed E-state index contributed by atoms with van der Waals surface area (Å²) in [7, 11) is 0. The number of hydrogen-bond donors (Lipinski definition) is 2. The molecule has 136 valence electrons. The van der Waals surface area contributed by atoms with Gasteiger partial charge in [-0.1, -0.05) is 0 Å². The fourth-order valence-corrected chi connectivity index (χ4v) is 3.41. The van der Waals surface area contributed by atoms with Crippen molar-refractivity contribution in [3.63, 3.8) is 0 Å². The minimum atomic E-state index is -0.925. The van der Waals surface area contributed by atoms with E-state index in [1.807, 2.05) is 0 Å². The third-order valence-corrected chi connectivity index (χ3v) is 5.04. The second-order valence-electron chi connectivity index (χ2n) is 6.06. The molecule has 1 aromatic carbocycles.